The summed E-state index contributed by atoms with van der Waals surface area (Å²) in [5.74, 6) is 1.46. The van der Waals surface area contributed by atoms with Crippen LogP contribution in [0, 0.1) is 11.3 Å². The minimum atomic E-state index is 0.00622. The molecule has 3 nitrogen and oxygen atoms in total. The molecule has 0 amide bonds. The van der Waals surface area contributed by atoms with E-state index >= 15 is 0 Å². The Balaban J connectivity index is 2.51. The molecule has 1 aromatic rings. The molecule has 0 bridgehead atoms. The summed E-state index contributed by atoms with van der Waals surface area (Å²) in [6, 6.07) is 0. The Morgan fingerprint density at radius 3 is 2.68 bits per heavy atom. The van der Waals surface area contributed by atoms with Gasteiger partial charge in [-0.2, -0.15) is 0 Å². The molecule has 1 unspecified atom stereocenters. The predicted molar refractivity (Wildman–Crippen MR) is 105 cm³/mol. The van der Waals surface area contributed by atoms with E-state index in [0.29, 0.717) is 12.3 Å². The van der Waals surface area contributed by atoms with Crippen molar-refractivity contribution in [2.45, 2.75) is 66.7 Å². The number of carbonyl (C=O) groups is 1. The van der Waals surface area contributed by atoms with Gasteiger partial charge in [-0.15, -0.1) is 0 Å². The summed E-state index contributed by atoms with van der Waals surface area (Å²) in [7, 11) is 0. The van der Waals surface area contributed by atoms with Crippen LogP contribution in [0.25, 0.3) is 0 Å². The molecule has 1 heterocycles. The van der Waals surface area contributed by atoms with Crippen molar-refractivity contribution >= 4 is 5.78 Å². The van der Waals surface area contributed by atoms with Gasteiger partial charge in [0.2, 0.25) is 5.78 Å². The lowest BCUT2D eigenvalue weighted by Crippen LogP contribution is -2.23. The number of carbonyl (C=O) groups excluding carboxylic acids is 1. The molecule has 25 heavy (non-hydrogen) atoms. The SMILES string of the molecule is C=C/C=C(\C=C/C)C(C)C(C)(C)CCCCC(=O)c1ncc(CC)o1. The number of hydrogen-bond donors (Lipinski definition) is 0. The van der Waals surface area contributed by atoms with E-state index in [4.69, 9.17) is 4.42 Å². The van der Waals surface area contributed by atoms with Gasteiger partial charge in [-0.25, -0.2) is 4.98 Å². The maximum Gasteiger partial charge on any atom is 0.263 e. The van der Waals surface area contributed by atoms with E-state index in [1.807, 2.05) is 19.9 Å². The largest absolute Gasteiger partial charge is 0.439 e. The third-order valence-corrected chi connectivity index (χ3v) is 4.96. The lowest BCUT2D eigenvalue weighted by molar-refractivity contribution is 0.0941. The summed E-state index contributed by atoms with van der Waals surface area (Å²) in [6.07, 6.45) is 14.0. The van der Waals surface area contributed by atoms with Crippen LogP contribution in [-0.4, -0.2) is 10.8 Å². The van der Waals surface area contributed by atoms with Crippen molar-refractivity contribution < 1.29 is 9.21 Å². The first-order valence-electron chi connectivity index (χ1n) is 9.28. The molecule has 0 aromatic carbocycles. The monoisotopic (exact) mass is 343 g/mol. The second-order valence-electron chi connectivity index (χ2n) is 7.23. The minimum absolute atomic E-state index is 0.00622. The van der Waals surface area contributed by atoms with Gasteiger partial charge >= 0.3 is 0 Å². The van der Waals surface area contributed by atoms with Crippen molar-refractivity contribution in [3.05, 3.63) is 54.3 Å². The highest BCUT2D eigenvalue weighted by Gasteiger charge is 2.27. The molecule has 0 aliphatic rings. The van der Waals surface area contributed by atoms with Crippen LogP contribution >= 0.6 is 0 Å². The van der Waals surface area contributed by atoms with Crippen molar-refractivity contribution in [3.63, 3.8) is 0 Å². The van der Waals surface area contributed by atoms with Crippen LogP contribution in [0.5, 0.6) is 0 Å². The number of unbranched alkanes of at least 4 members (excludes halogenated alkanes) is 1. The zero-order valence-electron chi connectivity index (χ0n) is 16.5. The second kappa shape index (κ2) is 10.2. The van der Waals surface area contributed by atoms with E-state index in [2.05, 4.69) is 50.6 Å². The Morgan fingerprint density at radius 2 is 2.12 bits per heavy atom. The first-order valence-corrected chi connectivity index (χ1v) is 9.28. The van der Waals surface area contributed by atoms with E-state index in [1.165, 1.54) is 5.57 Å². The highest BCUT2D eigenvalue weighted by Crippen LogP contribution is 2.37. The number of nitrogens with zero attached hydrogens (tertiary/aromatic N) is 1. The van der Waals surface area contributed by atoms with E-state index in [-0.39, 0.29) is 17.1 Å². The lowest BCUT2D eigenvalue weighted by atomic mass is 9.72. The van der Waals surface area contributed by atoms with Gasteiger partial charge in [0.05, 0.1) is 6.20 Å². The van der Waals surface area contributed by atoms with Crippen LogP contribution in [0.2, 0.25) is 0 Å². The van der Waals surface area contributed by atoms with Crippen molar-refractivity contribution in [2.75, 3.05) is 0 Å². The molecule has 0 N–H and O–H groups in total. The summed E-state index contributed by atoms with van der Waals surface area (Å²) < 4.78 is 5.43. The second-order valence-corrected chi connectivity index (χ2v) is 7.23. The summed E-state index contributed by atoms with van der Waals surface area (Å²) >= 11 is 0. The molecular weight excluding hydrogens is 310 g/mol. The summed E-state index contributed by atoms with van der Waals surface area (Å²) in [6.45, 7) is 14.7. The number of rotatable bonds is 11. The minimum Gasteiger partial charge on any atom is -0.439 e. The molecular formula is C22H33NO2. The molecule has 138 valence electrons. The van der Waals surface area contributed by atoms with Gasteiger partial charge in [0.25, 0.3) is 5.89 Å². The quantitative estimate of drug-likeness (QED) is 0.268. The van der Waals surface area contributed by atoms with Gasteiger partial charge in [0.1, 0.15) is 5.76 Å². The van der Waals surface area contributed by atoms with Crippen molar-refractivity contribution in [2.24, 2.45) is 11.3 Å². The molecule has 0 saturated carbocycles. The van der Waals surface area contributed by atoms with E-state index in [1.54, 1.807) is 6.20 Å². The zero-order chi connectivity index (χ0) is 18.9. The Morgan fingerprint density at radius 1 is 1.40 bits per heavy atom. The molecule has 3 heteroatoms. The standard InChI is InChI=1S/C22H33NO2/c1-7-12-18(13-8-2)17(4)22(5,6)15-11-10-14-20(24)21-23-16-19(9-3)25-21/h7-8,12-13,16-17H,1,9-11,14-15H2,2-6H3/b13-8-,18-12+. The van der Waals surface area contributed by atoms with Crippen LogP contribution in [0.3, 0.4) is 0 Å². The van der Waals surface area contributed by atoms with Gasteiger partial charge < -0.3 is 4.42 Å². The molecule has 0 aliphatic heterocycles. The predicted octanol–water partition coefficient (Wildman–Crippen LogP) is 6.33. The summed E-state index contributed by atoms with van der Waals surface area (Å²) in [5.41, 5.74) is 1.46. The Kier molecular flexibility index (Phi) is 8.60. The molecule has 1 aromatic heterocycles. The van der Waals surface area contributed by atoms with E-state index in [9.17, 15) is 4.79 Å². The summed E-state index contributed by atoms with van der Waals surface area (Å²) in [5, 5.41) is 0. The number of aromatic nitrogens is 1. The fourth-order valence-corrected chi connectivity index (χ4v) is 2.91. The smallest absolute Gasteiger partial charge is 0.263 e. The Bertz CT molecular complexity index is 620. The summed E-state index contributed by atoms with van der Waals surface area (Å²) in [4.78, 5) is 16.2. The molecule has 1 atom stereocenters. The third kappa shape index (κ3) is 6.49. The highest BCUT2D eigenvalue weighted by molar-refractivity contribution is 5.91. The van der Waals surface area contributed by atoms with Gasteiger partial charge in [-0.1, -0.05) is 65.0 Å². The zero-order valence-corrected chi connectivity index (χ0v) is 16.5. The highest BCUT2D eigenvalue weighted by atomic mass is 16.4. The molecule has 0 radical (unpaired) electrons. The number of aryl methyl sites for hydroxylation is 1. The normalized spacial score (nSPS) is 14.0. The molecule has 0 fully saturated rings. The lowest BCUT2D eigenvalue weighted by Gasteiger charge is -2.33. The third-order valence-electron chi connectivity index (χ3n) is 4.96. The van der Waals surface area contributed by atoms with Gasteiger partial charge in [-0.3, -0.25) is 4.79 Å². The number of hydrogen-bond acceptors (Lipinski definition) is 3. The van der Waals surface area contributed by atoms with Gasteiger partial charge in [-0.05, 0) is 36.7 Å². The van der Waals surface area contributed by atoms with Crippen LogP contribution in [0.1, 0.15) is 76.7 Å². The van der Waals surface area contributed by atoms with Crippen LogP contribution < -0.4 is 0 Å². The van der Waals surface area contributed by atoms with E-state index in [0.717, 1.165) is 31.4 Å². The Labute approximate surface area is 152 Å². The van der Waals surface area contributed by atoms with Crippen molar-refractivity contribution in [3.8, 4) is 0 Å². The average Bonchev–Trinajstić information content (AvgIpc) is 3.07. The van der Waals surface area contributed by atoms with Gasteiger partial charge in [0.15, 0.2) is 0 Å². The number of Topliss-reactive ketones (excluding diaryl/α,β-unsaturated/α-hetero) is 1. The number of ketones is 1. The topological polar surface area (TPSA) is 43.1 Å². The fourth-order valence-electron chi connectivity index (χ4n) is 2.91. The molecule has 0 spiro atoms. The van der Waals surface area contributed by atoms with Crippen LogP contribution in [0.4, 0.5) is 0 Å². The molecule has 1 rings (SSSR count). The van der Waals surface area contributed by atoms with Crippen molar-refractivity contribution in [1.29, 1.82) is 0 Å². The molecule has 0 saturated heterocycles. The maximum absolute atomic E-state index is 12.1. The van der Waals surface area contributed by atoms with Crippen molar-refractivity contribution in [1.82, 2.24) is 4.98 Å². The van der Waals surface area contributed by atoms with Crippen LogP contribution in [0.15, 0.2) is 47.1 Å². The van der Waals surface area contributed by atoms with Crippen LogP contribution in [-0.2, 0) is 6.42 Å². The first-order chi connectivity index (χ1) is 11.9. The Hall–Kier alpha value is -1.90. The first kappa shape index (κ1) is 21.1. The van der Waals surface area contributed by atoms with E-state index < -0.39 is 0 Å². The fraction of sp³-hybridized carbons (Fsp3) is 0.545. The molecule has 0 aliphatic carbocycles. The van der Waals surface area contributed by atoms with Gasteiger partial charge in [0, 0.05) is 12.8 Å². The number of allylic oxidation sites excluding steroid dienone is 5. The number of oxazole rings is 1. The maximum atomic E-state index is 12.1. The average molecular weight is 344 g/mol.